The summed E-state index contributed by atoms with van der Waals surface area (Å²) in [5.41, 5.74) is 0. The monoisotopic (exact) mass is 321 g/mol. The summed E-state index contributed by atoms with van der Waals surface area (Å²) in [6, 6.07) is 0.192. The van der Waals surface area contributed by atoms with E-state index in [1.54, 1.807) is 0 Å². The second-order valence-corrected chi connectivity index (χ2v) is 6.70. The minimum absolute atomic E-state index is 0.0400. The predicted molar refractivity (Wildman–Crippen MR) is 80.8 cm³/mol. The van der Waals surface area contributed by atoms with Gasteiger partial charge in [0.1, 0.15) is 0 Å². The first kappa shape index (κ1) is 14.9. The van der Waals surface area contributed by atoms with Crippen LogP contribution in [0, 0.1) is 17.8 Å². The quantitative estimate of drug-likeness (QED) is 0.753. The van der Waals surface area contributed by atoms with Crippen LogP contribution >= 0.6 is 0 Å². The number of piperidine rings is 1. The summed E-state index contributed by atoms with van der Waals surface area (Å²) in [5, 5.41) is 12.3. The molecule has 3 heterocycles. The first-order valence-electron chi connectivity index (χ1n) is 8.51. The lowest BCUT2D eigenvalue weighted by atomic mass is 10.1. The number of fused-ring (bicyclic) bond motifs is 1. The van der Waals surface area contributed by atoms with Crippen LogP contribution in [0.15, 0.2) is 0 Å². The summed E-state index contributed by atoms with van der Waals surface area (Å²) in [6.07, 6.45) is 2.06. The van der Waals surface area contributed by atoms with Gasteiger partial charge in [0.2, 0.25) is 5.95 Å². The predicted octanol–water partition coefficient (Wildman–Crippen LogP) is 0.658. The Morgan fingerprint density at radius 3 is 3.00 bits per heavy atom. The molecule has 2 saturated heterocycles. The van der Waals surface area contributed by atoms with Crippen molar-refractivity contribution in [1.82, 2.24) is 20.2 Å². The summed E-state index contributed by atoms with van der Waals surface area (Å²) >= 11 is 0. The number of rotatable bonds is 4. The highest BCUT2D eigenvalue weighted by Gasteiger charge is 2.58. The van der Waals surface area contributed by atoms with E-state index in [-0.39, 0.29) is 24.0 Å². The van der Waals surface area contributed by atoms with Crippen LogP contribution in [0.4, 0.5) is 5.95 Å². The topological polar surface area (TPSA) is 82.4 Å². The Balaban J connectivity index is 1.47. The van der Waals surface area contributed by atoms with Crippen molar-refractivity contribution >= 4 is 11.9 Å². The fraction of sp³-hybridized carbons (Fsp3) is 0.867. The Morgan fingerprint density at radius 1 is 1.39 bits per heavy atom. The normalized spacial score (nSPS) is 35.9. The molecule has 0 spiro atoms. The van der Waals surface area contributed by atoms with E-state index in [2.05, 4.69) is 27.3 Å². The molecule has 1 aromatic heterocycles. The largest absolute Gasteiger partial charge is 0.466 e. The summed E-state index contributed by atoms with van der Waals surface area (Å²) in [5.74, 6) is 1.69. The molecule has 5 atom stereocenters. The van der Waals surface area contributed by atoms with E-state index < -0.39 is 0 Å². The molecule has 1 aliphatic carbocycles. The van der Waals surface area contributed by atoms with Gasteiger partial charge in [-0.3, -0.25) is 4.79 Å². The smallest absolute Gasteiger partial charge is 0.309 e. The van der Waals surface area contributed by atoms with Gasteiger partial charge in [0.25, 0.3) is 0 Å². The molecule has 4 rings (SSSR count). The van der Waals surface area contributed by atoms with Crippen molar-refractivity contribution in [2.24, 2.45) is 17.8 Å². The number of nitrogens with zero attached hydrogens (tertiary/aromatic N) is 5. The van der Waals surface area contributed by atoms with Crippen LogP contribution in [-0.2, 0) is 14.3 Å². The number of tetrazole rings is 1. The average molecular weight is 321 g/mol. The highest BCUT2D eigenvalue weighted by Crippen LogP contribution is 2.52. The van der Waals surface area contributed by atoms with Crippen molar-refractivity contribution in [3.63, 3.8) is 0 Å². The molecular formula is C15H23N5O3. The zero-order chi connectivity index (χ0) is 16.0. The van der Waals surface area contributed by atoms with Crippen LogP contribution in [0.25, 0.3) is 0 Å². The number of carbonyl (C=O) groups excluding carboxylic acids is 1. The molecule has 3 fully saturated rings. The van der Waals surface area contributed by atoms with Crippen LogP contribution < -0.4 is 4.90 Å². The van der Waals surface area contributed by atoms with Gasteiger partial charge in [-0.2, -0.15) is 0 Å². The molecule has 0 amide bonds. The molecule has 0 radical (unpaired) electrons. The van der Waals surface area contributed by atoms with Gasteiger partial charge < -0.3 is 14.4 Å². The van der Waals surface area contributed by atoms with E-state index in [0.29, 0.717) is 18.4 Å². The van der Waals surface area contributed by atoms with Gasteiger partial charge in [-0.15, -0.1) is 0 Å². The molecule has 2 aliphatic heterocycles. The van der Waals surface area contributed by atoms with Gasteiger partial charge in [-0.1, -0.05) is 5.10 Å². The third-order valence-corrected chi connectivity index (χ3v) is 5.46. The highest BCUT2D eigenvalue weighted by atomic mass is 16.5. The molecule has 1 aromatic rings. The molecule has 0 aromatic carbocycles. The number of carbonyl (C=O) groups is 1. The van der Waals surface area contributed by atoms with Gasteiger partial charge in [0.15, 0.2) is 0 Å². The van der Waals surface area contributed by atoms with Crippen molar-refractivity contribution in [3.05, 3.63) is 0 Å². The minimum atomic E-state index is -0.0400. The van der Waals surface area contributed by atoms with Gasteiger partial charge >= 0.3 is 5.97 Å². The molecule has 8 heteroatoms. The molecular weight excluding hydrogens is 298 g/mol. The zero-order valence-corrected chi connectivity index (χ0v) is 13.6. The van der Waals surface area contributed by atoms with E-state index >= 15 is 0 Å². The summed E-state index contributed by atoms with van der Waals surface area (Å²) in [6.45, 7) is 6.84. The lowest BCUT2D eigenvalue weighted by molar-refractivity contribution is -0.145. The number of hydrogen-bond donors (Lipinski definition) is 0. The van der Waals surface area contributed by atoms with E-state index in [1.165, 1.54) is 0 Å². The van der Waals surface area contributed by atoms with Crippen molar-refractivity contribution < 1.29 is 14.3 Å². The third-order valence-electron chi connectivity index (χ3n) is 5.46. The average Bonchev–Trinajstić information content (AvgIpc) is 2.84. The van der Waals surface area contributed by atoms with Crippen LogP contribution in [-0.4, -0.2) is 58.6 Å². The fourth-order valence-corrected chi connectivity index (χ4v) is 4.16. The van der Waals surface area contributed by atoms with E-state index in [9.17, 15) is 4.79 Å². The standard InChI is InChI=1S/C15H23N5O3/c1-3-22-14(21)13-10-4-6-19(8-11(10)13)15-16-17-18-20(15)12-5-7-23-9(12)2/h9-13H,3-8H2,1-2H3/t9-,10-,11+,12-,13-/m1/s1. The number of hydrogen-bond acceptors (Lipinski definition) is 7. The van der Waals surface area contributed by atoms with Gasteiger partial charge in [-0.05, 0) is 49.0 Å². The first-order valence-corrected chi connectivity index (χ1v) is 8.51. The molecule has 23 heavy (non-hydrogen) atoms. The van der Waals surface area contributed by atoms with Crippen molar-refractivity contribution in [2.45, 2.75) is 38.8 Å². The van der Waals surface area contributed by atoms with Crippen molar-refractivity contribution in [1.29, 1.82) is 0 Å². The molecule has 8 nitrogen and oxygen atoms in total. The van der Waals surface area contributed by atoms with E-state index in [0.717, 1.165) is 38.5 Å². The summed E-state index contributed by atoms with van der Waals surface area (Å²) in [7, 11) is 0. The maximum Gasteiger partial charge on any atom is 0.309 e. The lowest BCUT2D eigenvalue weighted by Crippen LogP contribution is -2.35. The van der Waals surface area contributed by atoms with Crippen molar-refractivity contribution in [2.75, 3.05) is 31.2 Å². The van der Waals surface area contributed by atoms with Gasteiger partial charge in [-0.25, -0.2) is 4.68 Å². The van der Waals surface area contributed by atoms with Crippen LogP contribution in [0.2, 0.25) is 0 Å². The fourth-order valence-electron chi connectivity index (χ4n) is 4.16. The van der Waals surface area contributed by atoms with Gasteiger partial charge in [0, 0.05) is 19.7 Å². The van der Waals surface area contributed by atoms with Crippen LogP contribution in [0.3, 0.4) is 0 Å². The number of aromatic nitrogens is 4. The molecule has 0 N–H and O–H groups in total. The van der Waals surface area contributed by atoms with Crippen LogP contribution in [0.5, 0.6) is 0 Å². The Hall–Kier alpha value is -1.70. The Bertz CT molecular complexity index is 591. The van der Waals surface area contributed by atoms with Crippen molar-refractivity contribution in [3.8, 4) is 0 Å². The Morgan fingerprint density at radius 2 is 2.26 bits per heavy atom. The first-order chi connectivity index (χ1) is 11.2. The van der Waals surface area contributed by atoms with E-state index in [4.69, 9.17) is 9.47 Å². The lowest BCUT2D eigenvalue weighted by Gasteiger charge is -2.28. The zero-order valence-electron chi connectivity index (χ0n) is 13.6. The summed E-state index contributed by atoms with van der Waals surface area (Å²) in [4.78, 5) is 14.2. The van der Waals surface area contributed by atoms with E-state index in [1.807, 2.05) is 11.6 Å². The SMILES string of the molecule is CCOC(=O)[C@@H]1[C@@H]2CCN(c3nnnn3[C@@H]3CCO[C@@H]3C)C[C@@H]21. The highest BCUT2D eigenvalue weighted by molar-refractivity contribution is 5.77. The van der Waals surface area contributed by atoms with Gasteiger partial charge in [0.05, 0.1) is 24.7 Å². The molecule has 0 unspecified atom stereocenters. The molecule has 1 saturated carbocycles. The molecule has 3 aliphatic rings. The number of esters is 1. The Labute approximate surface area is 135 Å². The third kappa shape index (κ3) is 2.49. The maximum absolute atomic E-state index is 12.0. The molecule has 126 valence electrons. The van der Waals surface area contributed by atoms with Crippen LogP contribution in [0.1, 0.15) is 32.7 Å². The maximum atomic E-state index is 12.0. The second-order valence-electron chi connectivity index (χ2n) is 6.70. The molecule has 0 bridgehead atoms. The number of ether oxygens (including phenoxy) is 2. The second kappa shape index (κ2) is 5.74. The summed E-state index contributed by atoms with van der Waals surface area (Å²) < 4.78 is 12.7. The minimum Gasteiger partial charge on any atom is -0.466 e. The number of anilines is 1. The Kier molecular flexibility index (Phi) is 3.71.